The Kier molecular flexibility index (Phi) is 8.00. The van der Waals surface area contributed by atoms with Gasteiger partial charge in [-0.05, 0) is 67.3 Å². The minimum absolute atomic E-state index is 0.398. The molecule has 0 saturated carbocycles. The molecule has 3 rings (SSSR count). The van der Waals surface area contributed by atoms with Gasteiger partial charge in [-0.1, -0.05) is 73.3 Å². The van der Waals surface area contributed by atoms with Crippen molar-refractivity contribution in [3.05, 3.63) is 110 Å². The lowest BCUT2D eigenvalue weighted by atomic mass is 9.85. The van der Waals surface area contributed by atoms with Gasteiger partial charge in [-0.15, -0.1) is 0 Å². The SMILES string of the molecule is C=CCOc1c(Br)cc(C=NNC(=O)C(O)(c2ccccc2)c2ccccc2)cc1I. The van der Waals surface area contributed by atoms with Crippen molar-refractivity contribution in [1.29, 1.82) is 0 Å². The van der Waals surface area contributed by atoms with Crippen LogP contribution in [0, 0.1) is 3.57 Å². The minimum atomic E-state index is -1.88. The first-order valence-electron chi connectivity index (χ1n) is 9.36. The zero-order chi connectivity index (χ0) is 22.3. The quantitative estimate of drug-likeness (QED) is 0.168. The Bertz CT molecular complexity index is 1030. The van der Waals surface area contributed by atoms with E-state index in [4.69, 9.17) is 4.74 Å². The third kappa shape index (κ3) is 5.41. The number of rotatable bonds is 8. The van der Waals surface area contributed by atoms with Crippen LogP contribution in [0.4, 0.5) is 0 Å². The van der Waals surface area contributed by atoms with Gasteiger partial charge in [0.25, 0.3) is 5.91 Å². The first kappa shape index (κ1) is 23.2. The lowest BCUT2D eigenvalue weighted by Gasteiger charge is -2.27. The van der Waals surface area contributed by atoms with Crippen LogP contribution >= 0.6 is 38.5 Å². The molecule has 0 radical (unpaired) electrons. The standard InChI is InChI=1S/C24H20BrIN2O3/c1-2-13-31-22-20(25)14-17(15-21(22)26)16-27-28-23(29)24(30,18-9-5-3-6-10-18)19-11-7-4-8-12-19/h2-12,14-16,30H,1,13H2,(H,28,29). The molecular formula is C24H20BrIN2O3. The molecular weight excluding hydrogens is 571 g/mol. The Balaban J connectivity index is 1.84. The summed E-state index contributed by atoms with van der Waals surface area (Å²) < 4.78 is 7.28. The highest BCUT2D eigenvalue weighted by atomic mass is 127. The molecule has 0 saturated heterocycles. The van der Waals surface area contributed by atoms with Crippen LogP contribution in [-0.2, 0) is 10.4 Å². The number of hydrogen-bond donors (Lipinski definition) is 2. The number of ether oxygens (including phenoxy) is 1. The second-order valence-electron chi connectivity index (χ2n) is 6.55. The van der Waals surface area contributed by atoms with Crippen molar-refractivity contribution in [2.24, 2.45) is 5.10 Å². The topological polar surface area (TPSA) is 70.9 Å². The summed E-state index contributed by atoms with van der Waals surface area (Å²) in [4.78, 5) is 13.0. The van der Waals surface area contributed by atoms with E-state index in [-0.39, 0.29) is 0 Å². The summed E-state index contributed by atoms with van der Waals surface area (Å²) in [7, 11) is 0. The Hall–Kier alpha value is -2.49. The van der Waals surface area contributed by atoms with E-state index < -0.39 is 11.5 Å². The lowest BCUT2D eigenvalue weighted by molar-refractivity contribution is -0.136. The maximum atomic E-state index is 13.0. The summed E-state index contributed by atoms with van der Waals surface area (Å²) in [6.45, 7) is 4.05. The Morgan fingerprint density at radius 1 is 1.13 bits per heavy atom. The number of nitrogens with zero attached hydrogens (tertiary/aromatic N) is 1. The maximum absolute atomic E-state index is 13.0. The Labute approximate surface area is 203 Å². The second-order valence-corrected chi connectivity index (χ2v) is 8.57. The van der Waals surface area contributed by atoms with E-state index >= 15 is 0 Å². The molecule has 1 amide bonds. The van der Waals surface area contributed by atoms with Crippen LogP contribution in [-0.4, -0.2) is 23.8 Å². The van der Waals surface area contributed by atoms with Gasteiger partial charge in [-0.2, -0.15) is 5.10 Å². The van der Waals surface area contributed by atoms with Gasteiger partial charge >= 0.3 is 0 Å². The van der Waals surface area contributed by atoms with Gasteiger partial charge in [0.05, 0.1) is 14.3 Å². The van der Waals surface area contributed by atoms with Crippen LogP contribution < -0.4 is 10.2 Å². The van der Waals surface area contributed by atoms with E-state index in [2.05, 4.69) is 55.6 Å². The van der Waals surface area contributed by atoms with E-state index in [1.165, 1.54) is 6.21 Å². The second kappa shape index (κ2) is 10.7. The van der Waals surface area contributed by atoms with Crippen molar-refractivity contribution in [2.45, 2.75) is 5.60 Å². The highest BCUT2D eigenvalue weighted by Crippen LogP contribution is 2.32. The molecule has 0 aliphatic carbocycles. The number of nitrogens with one attached hydrogen (secondary N) is 1. The van der Waals surface area contributed by atoms with Crippen LogP contribution in [0.15, 0.2) is 95.0 Å². The van der Waals surface area contributed by atoms with Gasteiger partial charge in [0, 0.05) is 0 Å². The maximum Gasteiger partial charge on any atom is 0.281 e. The van der Waals surface area contributed by atoms with E-state index in [0.717, 1.165) is 13.6 Å². The van der Waals surface area contributed by atoms with Crippen LogP contribution in [0.5, 0.6) is 5.75 Å². The molecule has 3 aromatic rings. The van der Waals surface area contributed by atoms with E-state index in [9.17, 15) is 9.90 Å². The van der Waals surface area contributed by atoms with Crippen LogP contribution in [0.2, 0.25) is 0 Å². The fourth-order valence-electron chi connectivity index (χ4n) is 2.97. The zero-order valence-corrected chi connectivity index (χ0v) is 20.2. The van der Waals surface area contributed by atoms with Gasteiger partial charge in [0.2, 0.25) is 0 Å². The fraction of sp³-hybridized carbons (Fsp3) is 0.0833. The van der Waals surface area contributed by atoms with Crippen LogP contribution in [0.1, 0.15) is 16.7 Å². The summed E-state index contributed by atoms with van der Waals surface area (Å²) in [6.07, 6.45) is 3.19. The number of hydrazone groups is 1. The number of carbonyl (C=O) groups excluding carboxylic acids is 1. The highest BCUT2D eigenvalue weighted by molar-refractivity contribution is 14.1. The van der Waals surface area contributed by atoms with E-state index in [0.29, 0.717) is 23.5 Å². The molecule has 3 aromatic carbocycles. The van der Waals surface area contributed by atoms with Gasteiger partial charge in [-0.3, -0.25) is 4.79 Å². The lowest BCUT2D eigenvalue weighted by Crippen LogP contribution is -2.43. The third-order valence-corrected chi connectivity index (χ3v) is 5.85. The van der Waals surface area contributed by atoms with Gasteiger partial charge in [0.15, 0.2) is 5.60 Å². The number of halogens is 2. The number of aliphatic hydroxyl groups is 1. The largest absolute Gasteiger partial charge is 0.487 e. The predicted octanol–water partition coefficient (Wildman–Crippen LogP) is 5.00. The number of carbonyl (C=O) groups is 1. The van der Waals surface area contributed by atoms with Crippen molar-refractivity contribution in [1.82, 2.24) is 5.43 Å². The first-order valence-corrected chi connectivity index (χ1v) is 11.2. The molecule has 0 aliphatic heterocycles. The molecule has 0 heterocycles. The smallest absolute Gasteiger partial charge is 0.281 e. The molecule has 7 heteroatoms. The van der Waals surface area contributed by atoms with Crippen molar-refractivity contribution in [3.63, 3.8) is 0 Å². The van der Waals surface area contributed by atoms with E-state index in [1.54, 1.807) is 54.6 Å². The van der Waals surface area contributed by atoms with Gasteiger partial charge < -0.3 is 9.84 Å². The highest BCUT2D eigenvalue weighted by Gasteiger charge is 2.39. The van der Waals surface area contributed by atoms with Gasteiger partial charge in [-0.25, -0.2) is 5.43 Å². The van der Waals surface area contributed by atoms with E-state index in [1.807, 2.05) is 24.3 Å². The number of amides is 1. The molecule has 5 nitrogen and oxygen atoms in total. The molecule has 0 aromatic heterocycles. The summed E-state index contributed by atoms with van der Waals surface area (Å²) in [5.41, 5.74) is 2.26. The number of benzene rings is 3. The van der Waals surface area contributed by atoms with Gasteiger partial charge in [0.1, 0.15) is 12.4 Å². The first-order chi connectivity index (χ1) is 15.0. The fourth-order valence-corrected chi connectivity index (χ4v) is 4.74. The molecule has 0 bridgehead atoms. The predicted molar refractivity (Wildman–Crippen MR) is 134 cm³/mol. The summed E-state index contributed by atoms with van der Waals surface area (Å²) in [6, 6.07) is 21.3. The molecule has 0 aliphatic rings. The molecule has 0 atom stereocenters. The molecule has 31 heavy (non-hydrogen) atoms. The monoisotopic (exact) mass is 590 g/mol. The van der Waals surface area contributed by atoms with Crippen molar-refractivity contribution in [2.75, 3.05) is 6.61 Å². The third-order valence-electron chi connectivity index (χ3n) is 4.46. The van der Waals surface area contributed by atoms with Crippen molar-refractivity contribution in [3.8, 4) is 5.75 Å². The molecule has 2 N–H and O–H groups in total. The summed E-state index contributed by atoms with van der Waals surface area (Å²) >= 11 is 5.66. The Morgan fingerprint density at radius 3 is 2.23 bits per heavy atom. The summed E-state index contributed by atoms with van der Waals surface area (Å²) in [5.74, 6) is 0.0602. The average molecular weight is 591 g/mol. The molecule has 0 unspecified atom stereocenters. The van der Waals surface area contributed by atoms with Crippen molar-refractivity contribution < 1.29 is 14.6 Å². The molecule has 0 fully saturated rings. The molecule has 158 valence electrons. The molecule has 0 spiro atoms. The van der Waals surface area contributed by atoms with Crippen LogP contribution in [0.3, 0.4) is 0 Å². The minimum Gasteiger partial charge on any atom is -0.487 e. The normalized spacial score (nSPS) is 11.3. The average Bonchev–Trinajstić information content (AvgIpc) is 2.79. The summed E-state index contributed by atoms with van der Waals surface area (Å²) in [5, 5.41) is 15.5. The van der Waals surface area contributed by atoms with Crippen LogP contribution in [0.25, 0.3) is 0 Å². The Morgan fingerprint density at radius 2 is 1.71 bits per heavy atom. The number of hydrogen-bond acceptors (Lipinski definition) is 4. The van der Waals surface area contributed by atoms with Crippen molar-refractivity contribution >= 4 is 50.6 Å². The zero-order valence-electron chi connectivity index (χ0n) is 16.5.